The largest absolute Gasteiger partial charge is 0.384 e. The molecule has 2 heterocycles. The zero-order chi connectivity index (χ0) is 14.7. The molecule has 1 aliphatic heterocycles. The lowest BCUT2D eigenvalue weighted by atomic mass is 9.89. The van der Waals surface area contributed by atoms with Crippen LogP contribution < -0.4 is 0 Å². The third-order valence-electron chi connectivity index (χ3n) is 4.54. The average Bonchev–Trinajstić information content (AvgIpc) is 2.90. The number of amides is 1. The first-order valence-electron chi connectivity index (χ1n) is 7.43. The van der Waals surface area contributed by atoms with Crippen molar-refractivity contribution in [1.29, 1.82) is 0 Å². The molecule has 114 valence electrons. The van der Waals surface area contributed by atoms with E-state index in [9.17, 15) is 4.79 Å². The number of rotatable bonds is 3. The second-order valence-corrected chi connectivity index (χ2v) is 5.78. The summed E-state index contributed by atoms with van der Waals surface area (Å²) < 4.78 is 11.4. The minimum atomic E-state index is -0.244. The highest BCUT2D eigenvalue weighted by Gasteiger charge is 2.47. The third kappa shape index (κ3) is 2.78. The van der Waals surface area contributed by atoms with Crippen LogP contribution in [-0.4, -0.2) is 59.8 Å². The highest BCUT2D eigenvalue weighted by molar-refractivity contribution is 5.92. The lowest BCUT2D eigenvalue weighted by Crippen LogP contribution is -2.56. The Morgan fingerprint density at radius 2 is 2.48 bits per heavy atom. The minimum absolute atomic E-state index is 0.0613. The van der Waals surface area contributed by atoms with Gasteiger partial charge in [0, 0.05) is 32.0 Å². The van der Waals surface area contributed by atoms with Gasteiger partial charge in [-0.3, -0.25) is 9.78 Å². The van der Waals surface area contributed by atoms with Gasteiger partial charge >= 0.3 is 0 Å². The normalized spacial score (nSPS) is 29.0. The van der Waals surface area contributed by atoms with Crippen molar-refractivity contribution in [2.45, 2.75) is 24.9 Å². The van der Waals surface area contributed by atoms with E-state index >= 15 is 0 Å². The zero-order valence-corrected chi connectivity index (χ0v) is 12.3. The Hall–Kier alpha value is -1.53. The monoisotopic (exact) mass is 291 g/mol. The average molecular weight is 291 g/mol. The Bertz CT molecular complexity index is 496. The van der Waals surface area contributed by atoms with Crippen molar-refractivity contribution < 1.29 is 14.3 Å². The standard InChI is InChI=1S/C15H21N3O3/c1-20-10-12-3-2-4-15(12)11-18(7-8-21-15)14(19)13-9-16-5-6-17-13/h5-6,9,12H,2-4,7-8,10-11H2,1H3/t12-,15+/m0/s1. The molecule has 1 amide bonds. The van der Waals surface area contributed by atoms with Crippen LogP contribution in [0, 0.1) is 5.92 Å². The number of carbonyl (C=O) groups excluding carboxylic acids is 1. The van der Waals surface area contributed by atoms with Gasteiger partial charge in [-0.2, -0.15) is 0 Å². The number of aromatic nitrogens is 2. The van der Waals surface area contributed by atoms with E-state index in [1.807, 2.05) is 4.90 Å². The van der Waals surface area contributed by atoms with Crippen LogP contribution in [0.25, 0.3) is 0 Å². The van der Waals surface area contributed by atoms with Crippen LogP contribution in [0.1, 0.15) is 29.8 Å². The molecule has 1 aromatic heterocycles. The lowest BCUT2D eigenvalue weighted by Gasteiger charge is -2.43. The molecule has 6 heteroatoms. The summed E-state index contributed by atoms with van der Waals surface area (Å²) in [5.74, 6) is 0.300. The number of hydrogen-bond acceptors (Lipinski definition) is 5. The number of hydrogen-bond donors (Lipinski definition) is 0. The van der Waals surface area contributed by atoms with Crippen LogP contribution in [0.4, 0.5) is 0 Å². The Labute approximate surface area is 124 Å². The number of methoxy groups -OCH3 is 1. The smallest absolute Gasteiger partial charge is 0.274 e. The van der Waals surface area contributed by atoms with E-state index in [0.29, 0.717) is 37.9 Å². The van der Waals surface area contributed by atoms with Gasteiger partial charge in [0.25, 0.3) is 5.91 Å². The van der Waals surface area contributed by atoms with Gasteiger partial charge in [-0.25, -0.2) is 4.98 Å². The molecule has 2 atom stereocenters. The highest BCUT2D eigenvalue weighted by atomic mass is 16.5. The fourth-order valence-corrected chi connectivity index (χ4v) is 3.50. The Morgan fingerprint density at radius 1 is 1.57 bits per heavy atom. The van der Waals surface area contributed by atoms with Crippen LogP contribution in [0.3, 0.4) is 0 Å². The van der Waals surface area contributed by atoms with E-state index in [1.54, 1.807) is 19.5 Å². The molecule has 1 saturated carbocycles. The maximum Gasteiger partial charge on any atom is 0.274 e. The summed E-state index contributed by atoms with van der Waals surface area (Å²) in [7, 11) is 1.72. The molecule has 0 N–H and O–H groups in total. The van der Waals surface area contributed by atoms with E-state index in [2.05, 4.69) is 9.97 Å². The maximum atomic E-state index is 12.5. The number of carbonyl (C=O) groups is 1. The molecular weight excluding hydrogens is 270 g/mol. The molecule has 6 nitrogen and oxygen atoms in total. The van der Waals surface area contributed by atoms with Crippen LogP contribution in [-0.2, 0) is 9.47 Å². The summed E-state index contributed by atoms with van der Waals surface area (Å²) in [6, 6.07) is 0. The molecule has 21 heavy (non-hydrogen) atoms. The van der Waals surface area contributed by atoms with Crippen molar-refractivity contribution in [1.82, 2.24) is 14.9 Å². The number of morpholine rings is 1. The van der Waals surface area contributed by atoms with Crippen LogP contribution >= 0.6 is 0 Å². The van der Waals surface area contributed by atoms with E-state index in [-0.39, 0.29) is 11.5 Å². The second-order valence-electron chi connectivity index (χ2n) is 5.78. The van der Waals surface area contributed by atoms with Crippen molar-refractivity contribution in [3.05, 3.63) is 24.3 Å². The van der Waals surface area contributed by atoms with Gasteiger partial charge in [-0.15, -0.1) is 0 Å². The third-order valence-corrected chi connectivity index (χ3v) is 4.54. The molecule has 2 aliphatic rings. The van der Waals surface area contributed by atoms with Gasteiger partial charge in [0.1, 0.15) is 5.69 Å². The Kier molecular flexibility index (Phi) is 4.17. The molecule has 1 aromatic rings. The molecule has 1 saturated heterocycles. The summed E-state index contributed by atoms with van der Waals surface area (Å²) in [6.07, 6.45) is 7.86. The zero-order valence-electron chi connectivity index (χ0n) is 12.3. The van der Waals surface area contributed by atoms with Crippen LogP contribution in [0.15, 0.2) is 18.6 Å². The first-order valence-corrected chi connectivity index (χ1v) is 7.43. The van der Waals surface area contributed by atoms with Gasteiger partial charge in [-0.05, 0) is 12.8 Å². The molecule has 2 fully saturated rings. The lowest BCUT2D eigenvalue weighted by molar-refractivity contribution is -0.131. The molecule has 3 rings (SSSR count). The fraction of sp³-hybridized carbons (Fsp3) is 0.667. The molecular formula is C15H21N3O3. The van der Waals surface area contributed by atoms with E-state index in [4.69, 9.17) is 9.47 Å². The summed E-state index contributed by atoms with van der Waals surface area (Å²) >= 11 is 0. The van der Waals surface area contributed by atoms with Crippen molar-refractivity contribution in [2.24, 2.45) is 5.92 Å². The van der Waals surface area contributed by atoms with E-state index < -0.39 is 0 Å². The molecule has 0 aromatic carbocycles. The molecule has 1 spiro atoms. The Balaban J connectivity index is 1.75. The van der Waals surface area contributed by atoms with Gasteiger partial charge in [0.15, 0.2) is 0 Å². The van der Waals surface area contributed by atoms with Crippen molar-refractivity contribution in [3.8, 4) is 0 Å². The number of ether oxygens (including phenoxy) is 2. The summed E-state index contributed by atoms with van der Waals surface area (Å²) in [5, 5.41) is 0. The van der Waals surface area contributed by atoms with E-state index in [1.165, 1.54) is 6.20 Å². The quantitative estimate of drug-likeness (QED) is 0.835. The molecule has 0 unspecified atom stereocenters. The van der Waals surface area contributed by atoms with Crippen molar-refractivity contribution in [3.63, 3.8) is 0 Å². The first-order chi connectivity index (χ1) is 10.2. The second kappa shape index (κ2) is 6.07. The maximum absolute atomic E-state index is 12.5. The van der Waals surface area contributed by atoms with Crippen LogP contribution in [0.5, 0.6) is 0 Å². The molecule has 0 radical (unpaired) electrons. The summed E-state index contributed by atoms with van der Waals surface area (Å²) in [6.45, 7) is 2.49. The summed E-state index contributed by atoms with van der Waals surface area (Å²) in [5.41, 5.74) is 0.155. The first kappa shape index (κ1) is 14.4. The molecule has 0 bridgehead atoms. The van der Waals surface area contributed by atoms with Crippen molar-refractivity contribution >= 4 is 5.91 Å². The number of nitrogens with zero attached hydrogens (tertiary/aromatic N) is 3. The Morgan fingerprint density at radius 3 is 3.24 bits per heavy atom. The van der Waals surface area contributed by atoms with Gasteiger partial charge in [0.05, 0.1) is 31.6 Å². The van der Waals surface area contributed by atoms with Crippen molar-refractivity contribution in [2.75, 3.05) is 33.4 Å². The van der Waals surface area contributed by atoms with Gasteiger partial charge < -0.3 is 14.4 Å². The molecule has 1 aliphatic carbocycles. The van der Waals surface area contributed by atoms with E-state index in [0.717, 1.165) is 19.3 Å². The highest BCUT2D eigenvalue weighted by Crippen LogP contribution is 2.41. The summed E-state index contributed by atoms with van der Waals surface area (Å²) in [4.78, 5) is 22.5. The topological polar surface area (TPSA) is 64.5 Å². The predicted octanol–water partition coefficient (Wildman–Crippen LogP) is 1.13. The minimum Gasteiger partial charge on any atom is -0.384 e. The van der Waals surface area contributed by atoms with Gasteiger partial charge in [-0.1, -0.05) is 6.42 Å². The fourth-order valence-electron chi connectivity index (χ4n) is 3.50. The van der Waals surface area contributed by atoms with Gasteiger partial charge in [0.2, 0.25) is 0 Å². The predicted molar refractivity (Wildman–Crippen MR) is 75.8 cm³/mol. The SMILES string of the molecule is COC[C@@H]1CCC[C@@]12CN(C(=O)c1cnccn1)CCO2. The van der Waals surface area contributed by atoms with Crippen LogP contribution in [0.2, 0.25) is 0 Å².